The van der Waals surface area contributed by atoms with E-state index < -0.39 is 9.84 Å². The number of benzene rings is 1. The highest BCUT2D eigenvalue weighted by molar-refractivity contribution is 7.91. The molecule has 0 amide bonds. The van der Waals surface area contributed by atoms with Gasteiger partial charge in [0.1, 0.15) is 0 Å². The molecule has 0 radical (unpaired) electrons. The Kier molecular flexibility index (Phi) is 8.69. The summed E-state index contributed by atoms with van der Waals surface area (Å²) in [5, 5.41) is 6.45. The van der Waals surface area contributed by atoms with E-state index in [1.54, 1.807) is 24.3 Å². The molecule has 0 bridgehead atoms. The minimum Gasteiger partial charge on any atom is -0.357 e. The lowest BCUT2D eigenvalue weighted by molar-refractivity contribution is 0.573. The Morgan fingerprint density at radius 1 is 1.17 bits per heavy atom. The van der Waals surface area contributed by atoms with Crippen LogP contribution in [0.15, 0.2) is 40.2 Å². The molecule has 1 aromatic carbocycles. The molecule has 6 heteroatoms. The summed E-state index contributed by atoms with van der Waals surface area (Å²) in [5.74, 6) is 1.51. The van der Waals surface area contributed by atoms with E-state index in [-0.39, 0.29) is 5.75 Å². The second kappa shape index (κ2) is 10.3. The topological polar surface area (TPSA) is 70.6 Å². The van der Waals surface area contributed by atoms with E-state index in [1.807, 2.05) is 13.0 Å². The van der Waals surface area contributed by atoms with Crippen LogP contribution in [0.25, 0.3) is 0 Å². The van der Waals surface area contributed by atoms with Crippen LogP contribution in [0.3, 0.4) is 0 Å². The van der Waals surface area contributed by atoms with Gasteiger partial charge in [-0.3, -0.25) is 4.99 Å². The number of nitrogens with zero attached hydrogens (tertiary/aromatic N) is 1. The molecule has 0 aromatic heterocycles. The van der Waals surface area contributed by atoms with Crippen LogP contribution in [0.4, 0.5) is 0 Å². The molecular formula is C17H29N3O2S. The van der Waals surface area contributed by atoms with Crippen LogP contribution >= 0.6 is 0 Å². The Labute approximate surface area is 140 Å². The minimum atomic E-state index is -3.21. The fourth-order valence-corrected chi connectivity index (χ4v) is 3.33. The number of sulfone groups is 1. The molecule has 5 nitrogen and oxygen atoms in total. The Bertz CT molecular complexity index is 569. The zero-order valence-corrected chi connectivity index (χ0v) is 15.2. The molecule has 130 valence electrons. The lowest BCUT2D eigenvalue weighted by atomic mass is 10.1. The van der Waals surface area contributed by atoms with Crippen LogP contribution in [0.2, 0.25) is 0 Å². The highest BCUT2D eigenvalue weighted by atomic mass is 32.2. The van der Waals surface area contributed by atoms with E-state index in [0.717, 1.165) is 25.5 Å². The first-order valence-electron chi connectivity index (χ1n) is 8.25. The van der Waals surface area contributed by atoms with Gasteiger partial charge in [0.05, 0.1) is 10.6 Å². The van der Waals surface area contributed by atoms with Crippen molar-refractivity contribution in [1.82, 2.24) is 10.6 Å². The molecular weight excluding hydrogens is 310 g/mol. The summed E-state index contributed by atoms with van der Waals surface area (Å²) in [6, 6.07) is 8.57. The Hall–Kier alpha value is -1.56. The van der Waals surface area contributed by atoms with Gasteiger partial charge in [0.25, 0.3) is 0 Å². The first kappa shape index (κ1) is 19.5. The maximum Gasteiger partial charge on any atom is 0.191 e. The van der Waals surface area contributed by atoms with Crippen LogP contribution in [0.1, 0.15) is 33.6 Å². The van der Waals surface area contributed by atoms with E-state index in [1.165, 1.54) is 0 Å². The normalized spacial score (nSPS) is 12.4. The zero-order valence-electron chi connectivity index (χ0n) is 14.4. The monoisotopic (exact) mass is 339 g/mol. The van der Waals surface area contributed by atoms with Crippen LogP contribution in [0, 0.1) is 5.92 Å². The molecule has 1 aromatic rings. The summed E-state index contributed by atoms with van der Waals surface area (Å²) in [6.45, 7) is 8.52. The maximum atomic E-state index is 12.2. The van der Waals surface area contributed by atoms with Crippen LogP contribution in [0.5, 0.6) is 0 Å². The zero-order chi connectivity index (χ0) is 17.1. The predicted octanol–water partition coefficient (Wildman–Crippen LogP) is 2.45. The molecule has 0 fully saturated rings. The summed E-state index contributed by atoms with van der Waals surface area (Å²) in [5.41, 5.74) is 0. The van der Waals surface area contributed by atoms with Gasteiger partial charge >= 0.3 is 0 Å². The molecule has 0 spiro atoms. The number of hydrogen-bond acceptors (Lipinski definition) is 3. The van der Waals surface area contributed by atoms with Crippen molar-refractivity contribution in [1.29, 1.82) is 0 Å². The van der Waals surface area contributed by atoms with Crippen molar-refractivity contribution in [2.75, 3.05) is 25.4 Å². The summed E-state index contributed by atoms with van der Waals surface area (Å²) >= 11 is 0. The molecule has 23 heavy (non-hydrogen) atoms. The number of hydrogen-bond donors (Lipinski definition) is 2. The quantitative estimate of drug-likeness (QED) is 0.412. The molecule has 2 N–H and O–H groups in total. The van der Waals surface area contributed by atoms with Gasteiger partial charge in [-0.05, 0) is 37.8 Å². The van der Waals surface area contributed by atoms with Crippen molar-refractivity contribution in [3.05, 3.63) is 30.3 Å². The number of aliphatic imine (C=N–C) groups is 1. The number of rotatable bonds is 9. The summed E-state index contributed by atoms with van der Waals surface area (Å²) < 4.78 is 24.3. The van der Waals surface area contributed by atoms with Crippen molar-refractivity contribution < 1.29 is 8.42 Å². The fourth-order valence-electron chi connectivity index (χ4n) is 2.01. The molecule has 0 aliphatic carbocycles. The largest absolute Gasteiger partial charge is 0.357 e. The fraction of sp³-hybridized carbons (Fsp3) is 0.588. The maximum absolute atomic E-state index is 12.2. The summed E-state index contributed by atoms with van der Waals surface area (Å²) in [7, 11) is -3.21. The third-order valence-electron chi connectivity index (χ3n) is 3.30. The first-order chi connectivity index (χ1) is 11.0. The van der Waals surface area contributed by atoms with Gasteiger partial charge < -0.3 is 10.6 Å². The lowest BCUT2D eigenvalue weighted by Crippen LogP contribution is -2.38. The van der Waals surface area contributed by atoms with E-state index >= 15 is 0 Å². The molecule has 0 aliphatic rings. The van der Waals surface area contributed by atoms with Crippen LogP contribution in [-0.4, -0.2) is 39.8 Å². The van der Waals surface area contributed by atoms with E-state index in [2.05, 4.69) is 29.5 Å². The van der Waals surface area contributed by atoms with E-state index in [0.29, 0.717) is 23.8 Å². The molecule has 0 aliphatic heterocycles. The molecule has 0 unspecified atom stereocenters. The van der Waals surface area contributed by atoms with Gasteiger partial charge in [-0.2, -0.15) is 0 Å². The van der Waals surface area contributed by atoms with Crippen molar-refractivity contribution in [3.63, 3.8) is 0 Å². The Morgan fingerprint density at radius 3 is 2.48 bits per heavy atom. The molecule has 1 rings (SSSR count). The second-order valence-electron chi connectivity index (χ2n) is 5.86. The van der Waals surface area contributed by atoms with Crippen LogP contribution < -0.4 is 10.6 Å². The lowest BCUT2D eigenvalue weighted by Gasteiger charge is -2.12. The Balaban J connectivity index is 2.45. The molecule has 0 atom stereocenters. The van der Waals surface area contributed by atoms with Gasteiger partial charge in [-0.25, -0.2) is 8.42 Å². The third kappa shape index (κ3) is 8.02. The highest BCUT2D eigenvalue weighted by Crippen LogP contribution is 2.10. The molecule has 0 saturated heterocycles. The van der Waals surface area contributed by atoms with Crippen molar-refractivity contribution in [2.45, 2.75) is 38.5 Å². The van der Waals surface area contributed by atoms with Crippen LogP contribution in [-0.2, 0) is 9.84 Å². The van der Waals surface area contributed by atoms with Gasteiger partial charge in [-0.1, -0.05) is 32.0 Å². The average molecular weight is 340 g/mol. The molecule has 0 saturated carbocycles. The molecule has 0 heterocycles. The van der Waals surface area contributed by atoms with Gasteiger partial charge in [-0.15, -0.1) is 0 Å². The minimum absolute atomic E-state index is 0.117. The number of guanidine groups is 1. The van der Waals surface area contributed by atoms with Crippen molar-refractivity contribution >= 4 is 15.8 Å². The number of nitrogens with one attached hydrogen (secondary N) is 2. The van der Waals surface area contributed by atoms with E-state index in [9.17, 15) is 8.42 Å². The SMILES string of the molecule is CCNC(=NCCCS(=O)(=O)c1ccccc1)NCCC(C)C. The van der Waals surface area contributed by atoms with Crippen molar-refractivity contribution in [2.24, 2.45) is 10.9 Å². The van der Waals surface area contributed by atoms with Gasteiger partial charge in [0.15, 0.2) is 15.8 Å². The summed E-state index contributed by atoms with van der Waals surface area (Å²) in [4.78, 5) is 4.82. The van der Waals surface area contributed by atoms with E-state index in [4.69, 9.17) is 0 Å². The second-order valence-corrected chi connectivity index (χ2v) is 7.96. The average Bonchev–Trinajstić information content (AvgIpc) is 2.52. The first-order valence-corrected chi connectivity index (χ1v) is 9.91. The van der Waals surface area contributed by atoms with Crippen molar-refractivity contribution in [3.8, 4) is 0 Å². The smallest absolute Gasteiger partial charge is 0.191 e. The standard InChI is InChI=1S/C17H29N3O2S/c1-4-18-17(20-13-11-15(2)3)19-12-8-14-23(21,22)16-9-6-5-7-10-16/h5-7,9-10,15H,4,8,11-14H2,1-3H3,(H2,18,19,20). The van der Waals surface area contributed by atoms with Gasteiger partial charge in [0.2, 0.25) is 0 Å². The Morgan fingerprint density at radius 2 is 1.87 bits per heavy atom. The summed E-state index contributed by atoms with van der Waals surface area (Å²) in [6.07, 6.45) is 1.59. The third-order valence-corrected chi connectivity index (χ3v) is 5.12. The van der Waals surface area contributed by atoms with Gasteiger partial charge in [0, 0.05) is 19.6 Å². The highest BCUT2D eigenvalue weighted by Gasteiger charge is 2.12. The predicted molar refractivity (Wildman–Crippen MR) is 96.5 cm³/mol.